The fourth-order valence-electron chi connectivity index (χ4n) is 1.42. The molecule has 1 aromatic heterocycles. The van der Waals surface area contributed by atoms with E-state index in [9.17, 15) is 14.9 Å². The molecule has 2 rings (SSSR count). The van der Waals surface area contributed by atoms with Gasteiger partial charge >= 0.3 is 0 Å². The van der Waals surface area contributed by atoms with E-state index in [4.69, 9.17) is 10.5 Å². The molecule has 0 aliphatic carbocycles. The van der Waals surface area contributed by atoms with E-state index in [1.54, 1.807) is 31.6 Å². The van der Waals surface area contributed by atoms with Crippen LogP contribution >= 0.6 is 0 Å². The third-order valence-corrected chi connectivity index (χ3v) is 2.55. The molecule has 0 fully saturated rings. The lowest BCUT2D eigenvalue weighted by Gasteiger charge is -1.96. The monoisotopic (exact) mass is 302 g/mol. The Kier molecular flexibility index (Phi) is 6.17. The fourth-order valence-corrected chi connectivity index (χ4v) is 1.42. The highest BCUT2D eigenvalue weighted by Gasteiger charge is 2.07. The summed E-state index contributed by atoms with van der Waals surface area (Å²) in [5.74, 6) is -0.210. The molecule has 0 saturated carbocycles. The number of hydrogen-bond donors (Lipinski definition) is 3. The Morgan fingerprint density at radius 1 is 1.36 bits per heavy atom. The van der Waals surface area contributed by atoms with Crippen molar-refractivity contribution >= 4 is 17.8 Å². The van der Waals surface area contributed by atoms with Crippen LogP contribution in [-0.2, 0) is 0 Å². The van der Waals surface area contributed by atoms with Crippen molar-refractivity contribution in [3.8, 4) is 5.75 Å². The van der Waals surface area contributed by atoms with Crippen molar-refractivity contribution in [3.63, 3.8) is 0 Å². The lowest BCUT2D eigenvalue weighted by molar-refractivity contribution is -0.384. The Bertz CT molecular complexity index is 674. The van der Waals surface area contributed by atoms with Crippen molar-refractivity contribution in [2.24, 2.45) is 0 Å². The van der Waals surface area contributed by atoms with Crippen LogP contribution in [0.2, 0.25) is 0 Å². The van der Waals surface area contributed by atoms with Crippen LogP contribution in [0, 0.1) is 15.5 Å². The van der Waals surface area contributed by atoms with Crippen LogP contribution in [-0.4, -0.2) is 34.2 Å². The van der Waals surface area contributed by atoms with Gasteiger partial charge in [0.1, 0.15) is 5.75 Å². The van der Waals surface area contributed by atoms with Crippen molar-refractivity contribution in [2.45, 2.75) is 0 Å². The Morgan fingerprint density at radius 3 is 2.50 bits per heavy atom. The quantitative estimate of drug-likeness (QED) is 0.451. The van der Waals surface area contributed by atoms with Gasteiger partial charge in [0.05, 0.1) is 4.92 Å². The topological polar surface area (TPSA) is 129 Å². The average Bonchev–Trinajstić information content (AvgIpc) is 2.55. The van der Waals surface area contributed by atoms with E-state index in [-0.39, 0.29) is 22.9 Å². The first-order valence-corrected chi connectivity index (χ1v) is 6.09. The van der Waals surface area contributed by atoms with Gasteiger partial charge in [0.15, 0.2) is 0 Å². The zero-order valence-corrected chi connectivity index (χ0v) is 11.7. The summed E-state index contributed by atoms with van der Waals surface area (Å²) in [6, 6.07) is 6.85. The lowest BCUT2D eigenvalue weighted by atomic mass is 10.2. The second-order valence-electron chi connectivity index (χ2n) is 3.96. The van der Waals surface area contributed by atoms with Crippen molar-refractivity contribution in [1.82, 2.24) is 10.3 Å². The summed E-state index contributed by atoms with van der Waals surface area (Å²) in [4.78, 5) is 24.3. The third kappa shape index (κ3) is 4.67. The van der Waals surface area contributed by atoms with Gasteiger partial charge in [-0.3, -0.25) is 19.9 Å². The Hall–Kier alpha value is -3.29. The van der Waals surface area contributed by atoms with Crippen LogP contribution in [0.5, 0.6) is 5.75 Å². The highest BCUT2D eigenvalue weighted by molar-refractivity contribution is 5.93. The van der Waals surface area contributed by atoms with Crippen LogP contribution < -0.4 is 5.32 Å². The molecule has 0 radical (unpaired) electrons. The fraction of sp³-hybridized carbons (Fsp3) is 0.0714. The number of aromatic hydroxyl groups is 1. The van der Waals surface area contributed by atoms with Gasteiger partial charge < -0.3 is 15.8 Å². The first-order valence-electron chi connectivity index (χ1n) is 6.09. The van der Waals surface area contributed by atoms with Crippen LogP contribution in [0.4, 0.5) is 5.69 Å². The Morgan fingerprint density at radius 2 is 2.00 bits per heavy atom. The van der Waals surface area contributed by atoms with Gasteiger partial charge in [-0.2, -0.15) is 0 Å². The number of hydrogen-bond acceptors (Lipinski definition) is 6. The summed E-state index contributed by atoms with van der Waals surface area (Å²) in [6.07, 6.45) is 4.04. The Balaban J connectivity index is 0.000000224. The zero-order valence-electron chi connectivity index (χ0n) is 11.7. The van der Waals surface area contributed by atoms with Crippen molar-refractivity contribution < 1.29 is 14.8 Å². The summed E-state index contributed by atoms with van der Waals surface area (Å²) in [5, 5.41) is 28.6. The molecular formula is C14H14N4O4. The maximum atomic E-state index is 10.9. The van der Waals surface area contributed by atoms with E-state index < -0.39 is 4.92 Å². The highest BCUT2D eigenvalue weighted by atomic mass is 16.6. The first kappa shape index (κ1) is 16.8. The van der Waals surface area contributed by atoms with Crippen LogP contribution in [0.15, 0.2) is 42.7 Å². The van der Waals surface area contributed by atoms with E-state index in [0.29, 0.717) is 5.56 Å². The molecule has 2 aromatic rings. The molecule has 0 aliphatic rings. The van der Waals surface area contributed by atoms with Crippen molar-refractivity contribution in [2.75, 3.05) is 7.05 Å². The summed E-state index contributed by atoms with van der Waals surface area (Å²) < 4.78 is 0. The number of phenolic OH excluding ortho intramolecular Hbond substituents is 1. The minimum absolute atomic E-state index is 0.0811. The first-order chi connectivity index (χ1) is 10.5. The zero-order chi connectivity index (χ0) is 16.5. The number of carbonyl (C=O) groups excluding carboxylic acids is 1. The molecular weight excluding hydrogens is 288 g/mol. The second-order valence-corrected chi connectivity index (χ2v) is 3.96. The van der Waals surface area contributed by atoms with Crippen LogP contribution in [0.25, 0.3) is 0 Å². The number of pyridine rings is 1. The number of aromatic nitrogens is 1. The van der Waals surface area contributed by atoms with Gasteiger partial charge in [0.2, 0.25) is 0 Å². The number of carbonyl (C=O) groups is 1. The summed E-state index contributed by atoms with van der Waals surface area (Å²) in [7, 11) is 1.60. The van der Waals surface area contributed by atoms with Gasteiger partial charge in [0, 0.05) is 48.9 Å². The molecule has 1 aromatic carbocycles. The molecule has 0 atom stereocenters. The van der Waals surface area contributed by atoms with E-state index in [1.165, 1.54) is 12.1 Å². The number of benzene rings is 1. The van der Waals surface area contributed by atoms with Gasteiger partial charge in [-0.15, -0.1) is 0 Å². The molecule has 0 spiro atoms. The normalized spacial score (nSPS) is 9.14. The Labute approximate surface area is 126 Å². The smallest absolute Gasteiger partial charge is 0.270 e. The summed E-state index contributed by atoms with van der Waals surface area (Å²) in [6.45, 7) is 0. The molecule has 0 saturated heterocycles. The number of nitrogens with zero attached hydrogens (tertiary/aromatic N) is 2. The maximum absolute atomic E-state index is 10.9. The largest absolute Gasteiger partial charge is 0.507 e. The predicted molar refractivity (Wildman–Crippen MR) is 80.3 cm³/mol. The average molecular weight is 302 g/mol. The molecule has 0 bridgehead atoms. The van der Waals surface area contributed by atoms with E-state index >= 15 is 0 Å². The number of non-ortho nitro benzene ring substituents is 1. The summed E-state index contributed by atoms with van der Waals surface area (Å²) >= 11 is 0. The van der Waals surface area contributed by atoms with E-state index in [2.05, 4.69) is 10.3 Å². The van der Waals surface area contributed by atoms with Crippen LogP contribution in [0.3, 0.4) is 0 Å². The number of rotatable bonds is 3. The van der Waals surface area contributed by atoms with Gasteiger partial charge in [0.25, 0.3) is 11.6 Å². The standard InChI is InChI=1S/C7H6N2O3.C7H8N2O/c8-4-5-3-6(9(11)12)1-2-7(5)10;1-8-7(10)6-2-4-9-5-3-6/h1-4,8,10H;2-5H,1H3,(H,8,10). The molecule has 0 aliphatic heterocycles. The maximum Gasteiger partial charge on any atom is 0.270 e. The molecule has 1 heterocycles. The molecule has 3 N–H and O–H groups in total. The predicted octanol–water partition coefficient (Wildman–Crippen LogP) is 1.74. The van der Waals surface area contributed by atoms with Crippen molar-refractivity contribution in [3.05, 3.63) is 64.0 Å². The highest BCUT2D eigenvalue weighted by Crippen LogP contribution is 2.20. The molecule has 1 amide bonds. The van der Waals surface area contributed by atoms with Crippen LogP contribution in [0.1, 0.15) is 15.9 Å². The number of nitro groups is 1. The summed E-state index contributed by atoms with van der Waals surface area (Å²) in [5.41, 5.74) is 0.646. The lowest BCUT2D eigenvalue weighted by Crippen LogP contribution is -2.17. The van der Waals surface area contributed by atoms with Gasteiger partial charge in [-0.1, -0.05) is 0 Å². The number of phenols is 1. The number of nitrogens with one attached hydrogen (secondary N) is 2. The van der Waals surface area contributed by atoms with Crippen molar-refractivity contribution in [1.29, 1.82) is 5.41 Å². The molecule has 8 nitrogen and oxygen atoms in total. The second kappa shape index (κ2) is 8.10. The van der Waals surface area contributed by atoms with Gasteiger partial charge in [-0.25, -0.2) is 0 Å². The molecule has 0 unspecified atom stereocenters. The molecule has 22 heavy (non-hydrogen) atoms. The van der Waals surface area contributed by atoms with Gasteiger partial charge in [-0.05, 0) is 18.2 Å². The molecule has 114 valence electrons. The van der Waals surface area contributed by atoms with E-state index in [1.807, 2.05) is 0 Å². The number of amides is 1. The minimum atomic E-state index is -0.577. The number of nitro benzene ring substituents is 1. The van der Waals surface area contributed by atoms with E-state index in [0.717, 1.165) is 12.3 Å². The minimum Gasteiger partial charge on any atom is -0.507 e. The third-order valence-electron chi connectivity index (χ3n) is 2.55. The SMILES string of the molecule is CNC(=O)c1ccncc1.N=Cc1cc([N+](=O)[O-])ccc1O. The molecule has 8 heteroatoms.